The maximum absolute atomic E-state index is 12.9. The van der Waals surface area contributed by atoms with Crippen LogP contribution in [0, 0.1) is 0 Å². The molecular weight excluding hydrogens is 296 g/mol. The first-order valence-electron chi connectivity index (χ1n) is 6.74. The van der Waals surface area contributed by atoms with E-state index in [9.17, 15) is 9.59 Å². The fourth-order valence-corrected chi connectivity index (χ4v) is 3.28. The molecule has 22 heavy (non-hydrogen) atoms. The molecule has 0 N–H and O–H groups in total. The van der Waals surface area contributed by atoms with Crippen LogP contribution < -0.4 is 11.1 Å². The summed E-state index contributed by atoms with van der Waals surface area (Å²) in [6.45, 7) is 0. The summed E-state index contributed by atoms with van der Waals surface area (Å²) in [4.78, 5) is 29.9. The smallest absolute Gasteiger partial charge is 0.267 e. The molecule has 2 heterocycles. The minimum atomic E-state index is -0.341. The molecule has 2 aromatic heterocycles. The van der Waals surface area contributed by atoms with Crippen LogP contribution in [0.25, 0.3) is 26.7 Å². The molecule has 0 radical (unpaired) electrons. The van der Waals surface area contributed by atoms with Crippen molar-refractivity contribution in [2.45, 2.75) is 0 Å². The highest BCUT2D eigenvalue weighted by atomic mass is 32.1. The summed E-state index contributed by atoms with van der Waals surface area (Å²) < 4.78 is 1.16. The molecule has 106 valence electrons. The van der Waals surface area contributed by atoms with Gasteiger partial charge in [-0.25, -0.2) is 9.55 Å². The molecule has 0 fully saturated rings. The average molecular weight is 306 g/mol. The zero-order valence-electron chi connectivity index (χ0n) is 11.4. The van der Waals surface area contributed by atoms with Gasteiger partial charge >= 0.3 is 0 Å². The van der Waals surface area contributed by atoms with Crippen LogP contribution in [0.5, 0.6) is 0 Å². The maximum Gasteiger partial charge on any atom is 0.267 e. The lowest BCUT2D eigenvalue weighted by atomic mass is 10.1. The van der Waals surface area contributed by atoms with E-state index in [0.717, 1.165) is 15.3 Å². The Balaban J connectivity index is 2.41. The third kappa shape index (κ3) is 1.79. The van der Waals surface area contributed by atoms with E-state index in [4.69, 9.17) is 0 Å². The fraction of sp³-hybridized carbons (Fsp3) is 0. The first-order chi connectivity index (χ1) is 10.8. The van der Waals surface area contributed by atoms with Gasteiger partial charge in [0.1, 0.15) is 0 Å². The molecule has 0 aliphatic heterocycles. The van der Waals surface area contributed by atoms with Gasteiger partial charge in [-0.1, -0.05) is 36.4 Å². The van der Waals surface area contributed by atoms with Crippen molar-refractivity contribution >= 4 is 32.9 Å². The van der Waals surface area contributed by atoms with Crippen molar-refractivity contribution < 1.29 is 0 Å². The Labute approximate surface area is 128 Å². The van der Waals surface area contributed by atoms with E-state index in [2.05, 4.69) is 4.98 Å². The van der Waals surface area contributed by atoms with Gasteiger partial charge in [0, 0.05) is 22.3 Å². The van der Waals surface area contributed by atoms with Crippen molar-refractivity contribution in [1.82, 2.24) is 9.55 Å². The van der Waals surface area contributed by atoms with Crippen molar-refractivity contribution in [3.8, 4) is 5.13 Å². The molecule has 2 aromatic carbocycles. The lowest BCUT2D eigenvalue weighted by molar-refractivity contribution is 0.958. The normalized spacial score (nSPS) is 11.1. The Kier molecular flexibility index (Phi) is 2.87. The van der Waals surface area contributed by atoms with Gasteiger partial charge in [-0.2, -0.15) is 0 Å². The summed E-state index contributed by atoms with van der Waals surface area (Å²) in [5.41, 5.74) is -0.682. The number of thiazole rings is 1. The molecule has 0 saturated carbocycles. The topological polar surface area (TPSA) is 52.0 Å². The Morgan fingerprint density at radius 3 is 1.73 bits per heavy atom. The summed E-state index contributed by atoms with van der Waals surface area (Å²) >= 11 is 1.27. The predicted molar refractivity (Wildman–Crippen MR) is 89.0 cm³/mol. The largest absolute Gasteiger partial charge is 0.268 e. The Morgan fingerprint density at radius 2 is 1.27 bits per heavy atom. The summed E-state index contributed by atoms with van der Waals surface area (Å²) in [6.07, 6.45) is 1.59. The zero-order chi connectivity index (χ0) is 15.1. The van der Waals surface area contributed by atoms with E-state index in [1.165, 1.54) is 11.3 Å². The molecule has 0 aliphatic rings. The van der Waals surface area contributed by atoms with Crippen LogP contribution in [0.4, 0.5) is 0 Å². The van der Waals surface area contributed by atoms with Crippen LogP contribution in [-0.4, -0.2) is 9.55 Å². The standard InChI is InChI=1S/C17H10N2O2S/c20-15-13-7-3-1-5-11(13)12-6-2-4-8-14(12)16(21)19(15)17-18-9-10-22-17/h1-10H. The van der Waals surface area contributed by atoms with E-state index < -0.39 is 0 Å². The first-order valence-corrected chi connectivity index (χ1v) is 7.62. The van der Waals surface area contributed by atoms with E-state index in [1.54, 1.807) is 35.8 Å². The average Bonchev–Trinajstić information content (AvgIpc) is 3.06. The number of nitrogens with zero attached hydrogens (tertiary/aromatic N) is 2. The minimum Gasteiger partial charge on any atom is -0.268 e. The molecule has 0 bridgehead atoms. The Morgan fingerprint density at radius 1 is 0.773 bits per heavy atom. The molecule has 0 amide bonds. The molecule has 5 heteroatoms. The molecule has 0 aliphatic carbocycles. The van der Waals surface area contributed by atoms with Crippen LogP contribution in [0.1, 0.15) is 0 Å². The summed E-state index contributed by atoms with van der Waals surface area (Å²) in [7, 11) is 0. The zero-order valence-corrected chi connectivity index (χ0v) is 12.2. The van der Waals surface area contributed by atoms with Crippen LogP contribution >= 0.6 is 11.3 Å². The summed E-state index contributed by atoms with van der Waals surface area (Å²) in [5, 5.41) is 4.71. The van der Waals surface area contributed by atoms with E-state index in [1.807, 2.05) is 24.3 Å². The van der Waals surface area contributed by atoms with E-state index >= 15 is 0 Å². The molecule has 0 saturated heterocycles. The fourth-order valence-electron chi connectivity index (χ4n) is 2.64. The second-order valence-corrected chi connectivity index (χ2v) is 5.72. The molecular formula is C17H10N2O2S. The molecule has 4 rings (SSSR count). The first kappa shape index (κ1) is 12.9. The third-order valence-corrected chi connectivity index (χ3v) is 4.38. The van der Waals surface area contributed by atoms with Crippen molar-refractivity contribution in [1.29, 1.82) is 0 Å². The molecule has 4 nitrogen and oxygen atoms in total. The lowest BCUT2D eigenvalue weighted by Gasteiger charge is -1.95. The van der Waals surface area contributed by atoms with Gasteiger partial charge < -0.3 is 0 Å². The summed E-state index contributed by atoms with van der Waals surface area (Å²) in [6, 6.07) is 14.6. The van der Waals surface area contributed by atoms with Gasteiger partial charge in [0.25, 0.3) is 11.1 Å². The quantitative estimate of drug-likeness (QED) is 0.543. The number of benzene rings is 2. The molecule has 4 aromatic rings. The van der Waals surface area contributed by atoms with Gasteiger partial charge in [0.2, 0.25) is 0 Å². The number of hydrogen-bond donors (Lipinski definition) is 0. The predicted octanol–water partition coefficient (Wildman–Crippen LogP) is 2.96. The third-order valence-electron chi connectivity index (χ3n) is 3.62. The number of aromatic nitrogens is 2. The van der Waals surface area contributed by atoms with Gasteiger partial charge in [0.05, 0.1) is 0 Å². The number of rotatable bonds is 1. The lowest BCUT2D eigenvalue weighted by Crippen LogP contribution is -2.28. The van der Waals surface area contributed by atoms with E-state index in [-0.39, 0.29) is 11.1 Å². The second kappa shape index (κ2) is 4.89. The van der Waals surface area contributed by atoms with Gasteiger partial charge in [0.15, 0.2) is 5.13 Å². The van der Waals surface area contributed by atoms with Crippen molar-refractivity contribution in [3.63, 3.8) is 0 Å². The highest BCUT2D eigenvalue weighted by Crippen LogP contribution is 2.20. The van der Waals surface area contributed by atoms with Crippen LogP contribution in [-0.2, 0) is 0 Å². The number of hydrogen-bond acceptors (Lipinski definition) is 4. The van der Waals surface area contributed by atoms with Gasteiger partial charge in [-0.15, -0.1) is 11.3 Å². The number of fused-ring (bicyclic) bond motifs is 3. The van der Waals surface area contributed by atoms with Crippen LogP contribution in [0.15, 0.2) is 69.7 Å². The molecule has 0 unspecified atom stereocenters. The van der Waals surface area contributed by atoms with Crippen LogP contribution in [0.2, 0.25) is 0 Å². The maximum atomic E-state index is 12.9. The van der Waals surface area contributed by atoms with E-state index in [0.29, 0.717) is 15.9 Å². The molecule has 0 atom stereocenters. The summed E-state index contributed by atoms with van der Waals surface area (Å²) in [5.74, 6) is 0. The van der Waals surface area contributed by atoms with Crippen molar-refractivity contribution in [3.05, 3.63) is 80.8 Å². The minimum absolute atomic E-state index is 0.341. The monoisotopic (exact) mass is 306 g/mol. The highest BCUT2D eigenvalue weighted by molar-refractivity contribution is 7.12. The van der Waals surface area contributed by atoms with Gasteiger partial charge in [-0.3, -0.25) is 9.59 Å². The van der Waals surface area contributed by atoms with Crippen molar-refractivity contribution in [2.24, 2.45) is 0 Å². The second-order valence-electron chi connectivity index (χ2n) is 4.85. The van der Waals surface area contributed by atoms with Crippen LogP contribution in [0.3, 0.4) is 0 Å². The van der Waals surface area contributed by atoms with Gasteiger partial charge in [-0.05, 0) is 22.9 Å². The molecule has 0 spiro atoms. The SMILES string of the molecule is O=c1c2ccccc2c2ccccc2c(=O)n1-c1nccs1. The van der Waals surface area contributed by atoms with Crippen molar-refractivity contribution in [2.75, 3.05) is 0 Å². The Bertz CT molecular complexity index is 1040. The Hall–Kier alpha value is -2.79. The highest BCUT2D eigenvalue weighted by Gasteiger charge is 2.13.